The second-order valence-electron chi connectivity index (χ2n) is 5.58. The van der Waals surface area contributed by atoms with Gasteiger partial charge < -0.3 is 10.2 Å². The molecule has 0 fully saturated rings. The molecule has 0 atom stereocenters. The zero-order valence-electron chi connectivity index (χ0n) is 14.3. The summed E-state index contributed by atoms with van der Waals surface area (Å²) in [5.41, 5.74) is 1.41. The Labute approximate surface area is 141 Å². The summed E-state index contributed by atoms with van der Waals surface area (Å²) >= 11 is 0. The van der Waals surface area contributed by atoms with Crippen molar-refractivity contribution in [2.24, 2.45) is 12.0 Å². The van der Waals surface area contributed by atoms with Gasteiger partial charge >= 0.3 is 0 Å². The minimum Gasteiger partial charge on any atom is -0.357 e. The highest BCUT2D eigenvalue weighted by atomic mass is 19.2. The largest absolute Gasteiger partial charge is 0.357 e. The van der Waals surface area contributed by atoms with E-state index in [-0.39, 0.29) is 0 Å². The third kappa shape index (κ3) is 4.78. The van der Waals surface area contributed by atoms with Gasteiger partial charge in [0.1, 0.15) is 0 Å². The van der Waals surface area contributed by atoms with Crippen molar-refractivity contribution in [2.45, 2.75) is 19.9 Å². The van der Waals surface area contributed by atoms with Gasteiger partial charge in [-0.05, 0) is 25.0 Å². The van der Waals surface area contributed by atoms with Crippen LogP contribution < -0.4 is 5.32 Å². The Balaban J connectivity index is 2.00. The topological polar surface area (TPSA) is 45.5 Å². The number of rotatable bonds is 6. The quantitative estimate of drug-likeness (QED) is 0.651. The molecule has 0 unspecified atom stereocenters. The number of hydrogen-bond donors (Lipinski definition) is 1. The fraction of sp³-hybridized carbons (Fsp3) is 0.412. The molecule has 0 saturated carbocycles. The number of benzene rings is 1. The summed E-state index contributed by atoms with van der Waals surface area (Å²) in [6, 6.07) is 4.21. The highest BCUT2D eigenvalue weighted by Crippen LogP contribution is 2.12. The molecule has 2 rings (SSSR count). The Morgan fingerprint density at radius 1 is 1.38 bits per heavy atom. The second kappa shape index (κ2) is 8.42. The molecule has 0 spiro atoms. The van der Waals surface area contributed by atoms with Gasteiger partial charge in [-0.1, -0.05) is 12.1 Å². The summed E-state index contributed by atoms with van der Waals surface area (Å²) in [5.74, 6) is -0.892. The van der Waals surface area contributed by atoms with E-state index in [0.717, 1.165) is 24.1 Å². The fourth-order valence-corrected chi connectivity index (χ4v) is 2.40. The monoisotopic (exact) mass is 335 g/mol. The van der Waals surface area contributed by atoms with Gasteiger partial charge in [0.15, 0.2) is 17.6 Å². The minimum atomic E-state index is -0.822. The molecule has 0 saturated heterocycles. The summed E-state index contributed by atoms with van der Waals surface area (Å²) in [5, 5.41) is 7.35. The lowest BCUT2D eigenvalue weighted by atomic mass is 10.1. The highest BCUT2D eigenvalue weighted by molar-refractivity contribution is 5.79. The van der Waals surface area contributed by atoms with E-state index in [9.17, 15) is 8.78 Å². The summed E-state index contributed by atoms with van der Waals surface area (Å²) in [4.78, 5) is 6.47. The van der Waals surface area contributed by atoms with Crippen LogP contribution in [0.15, 0.2) is 35.6 Å². The zero-order valence-corrected chi connectivity index (χ0v) is 14.3. The number of halogens is 2. The highest BCUT2D eigenvalue weighted by Gasteiger charge is 2.09. The number of hydrogen-bond acceptors (Lipinski definition) is 2. The van der Waals surface area contributed by atoms with Crippen molar-refractivity contribution in [1.82, 2.24) is 20.0 Å². The molecule has 0 radical (unpaired) electrons. The fourth-order valence-electron chi connectivity index (χ4n) is 2.40. The van der Waals surface area contributed by atoms with Crippen LogP contribution in [0.5, 0.6) is 0 Å². The van der Waals surface area contributed by atoms with Gasteiger partial charge in [0.25, 0.3) is 0 Å². The van der Waals surface area contributed by atoms with E-state index in [1.54, 1.807) is 10.7 Å². The molecule has 5 nitrogen and oxygen atoms in total. The van der Waals surface area contributed by atoms with Crippen LogP contribution in [0.1, 0.15) is 18.1 Å². The van der Waals surface area contributed by atoms with Crippen molar-refractivity contribution in [2.75, 3.05) is 20.1 Å². The normalized spacial score (nSPS) is 11.6. The molecule has 0 bridgehead atoms. The van der Waals surface area contributed by atoms with Crippen LogP contribution in [-0.4, -0.2) is 40.8 Å². The van der Waals surface area contributed by atoms with Gasteiger partial charge in [-0.15, -0.1) is 0 Å². The van der Waals surface area contributed by atoms with Gasteiger partial charge in [0, 0.05) is 45.5 Å². The first-order valence-corrected chi connectivity index (χ1v) is 7.91. The molecule has 0 aliphatic carbocycles. The number of aromatic nitrogens is 2. The Morgan fingerprint density at radius 3 is 2.83 bits per heavy atom. The standard InChI is InChI=1S/C17H23F2N5/c1-4-20-17(23(2)11-13-10-22-24(3)12-13)21-9-8-14-6-5-7-15(18)16(14)19/h5-7,10,12H,4,8-9,11H2,1-3H3,(H,20,21). The number of aryl methyl sites for hydroxylation is 1. The molecule has 130 valence electrons. The van der Waals surface area contributed by atoms with E-state index < -0.39 is 11.6 Å². The van der Waals surface area contributed by atoms with Crippen LogP contribution in [0.3, 0.4) is 0 Å². The van der Waals surface area contributed by atoms with Crippen molar-refractivity contribution in [3.8, 4) is 0 Å². The van der Waals surface area contributed by atoms with Crippen LogP contribution in [0.4, 0.5) is 8.78 Å². The van der Waals surface area contributed by atoms with E-state index in [0.29, 0.717) is 25.1 Å². The lowest BCUT2D eigenvalue weighted by Gasteiger charge is -2.21. The maximum absolute atomic E-state index is 13.7. The average Bonchev–Trinajstić information content (AvgIpc) is 2.95. The first-order valence-electron chi connectivity index (χ1n) is 7.91. The lowest BCUT2D eigenvalue weighted by Crippen LogP contribution is -2.38. The van der Waals surface area contributed by atoms with E-state index in [4.69, 9.17) is 0 Å². The molecule has 1 N–H and O–H groups in total. The summed E-state index contributed by atoms with van der Waals surface area (Å²) in [6.07, 6.45) is 4.10. The predicted molar refractivity (Wildman–Crippen MR) is 90.7 cm³/mol. The Kier molecular flexibility index (Phi) is 6.28. The molecular formula is C17H23F2N5. The smallest absolute Gasteiger partial charge is 0.193 e. The molecule has 24 heavy (non-hydrogen) atoms. The van der Waals surface area contributed by atoms with E-state index in [1.165, 1.54) is 6.07 Å². The van der Waals surface area contributed by atoms with Crippen LogP contribution in [0, 0.1) is 11.6 Å². The maximum atomic E-state index is 13.7. The van der Waals surface area contributed by atoms with Gasteiger partial charge in [0.2, 0.25) is 0 Å². The van der Waals surface area contributed by atoms with Crippen LogP contribution in [0.25, 0.3) is 0 Å². The third-order valence-electron chi connectivity index (χ3n) is 3.55. The van der Waals surface area contributed by atoms with Gasteiger partial charge in [-0.2, -0.15) is 5.10 Å². The molecule has 0 amide bonds. The molecule has 1 aromatic heterocycles. The molecule has 1 heterocycles. The minimum absolute atomic E-state index is 0.338. The van der Waals surface area contributed by atoms with Crippen molar-refractivity contribution >= 4 is 5.96 Å². The molecule has 7 heteroatoms. The van der Waals surface area contributed by atoms with Crippen molar-refractivity contribution in [3.05, 3.63) is 53.4 Å². The van der Waals surface area contributed by atoms with Crippen molar-refractivity contribution in [1.29, 1.82) is 0 Å². The van der Waals surface area contributed by atoms with E-state index >= 15 is 0 Å². The number of guanidine groups is 1. The van der Waals surface area contributed by atoms with Crippen LogP contribution in [-0.2, 0) is 20.0 Å². The molecule has 0 aliphatic rings. The summed E-state index contributed by atoms with van der Waals surface area (Å²) < 4.78 is 28.6. The maximum Gasteiger partial charge on any atom is 0.193 e. The summed E-state index contributed by atoms with van der Waals surface area (Å²) in [7, 11) is 3.80. The lowest BCUT2D eigenvalue weighted by molar-refractivity contribution is 0.476. The predicted octanol–water partition coefficient (Wildman–Crippen LogP) is 2.34. The molecule has 2 aromatic rings. The number of nitrogens with one attached hydrogen (secondary N) is 1. The van der Waals surface area contributed by atoms with Gasteiger partial charge in [-0.3, -0.25) is 9.67 Å². The summed E-state index contributed by atoms with van der Waals surface area (Å²) in [6.45, 7) is 3.75. The van der Waals surface area contributed by atoms with Crippen molar-refractivity contribution in [3.63, 3.8) is 0 Å². The first kappa shape index (κ1) is 17.9. The van der Waals surface area contributed by atoms with Crippen molar-refractivity contribution < 1.29 is 8.78 Å². The zero-order chi connectivity index (χ0) is 17.5. The Hall–Kier alpha value is -2.44. The molecular weight excluding hydrogens is 312 g/mol. The Morgan fingerprint density at radius 2 is 2.17 bits per heavy atom. The number of aliphatic imine (C=N–C) groups is 1. The third-order valence-corrected chi connectivity index (χ3v) is 3.55. The first-order chi connectivity index (χ1) is 11.5. The second-order valence-corrected chi connectivity index (χ2v) is 5.58. The molecule has 0 aliphatic heterocycles. The number of nitrogens with zero attached hydrogens (tertiary/aromatic N) is 4. The molecule has 1 aromatic carbocycles. The van der Waals surface area contributed by atoms with Crippen LogP contribution >= 0.6 is 0 Å². The Bertz CT molecular complexity index is 696. The van der Waals surface area contributed by atoms with E-state index in [1.807, 2.05) is 38.3 Å². The van der Waals surface area contributed by atoms with Crippen LogP contribution in [0.2, 0.25) is 0 Å². The van der Waals surface area contributed by atoms with Gasteiger partial charge in [-0.25, -0.2) is 8.78 Å². The average molecular weight is 335 g/mol. The van der Waals surface area contributed by atoms with Gasteiger partial charge in [0.05, 0.1) is 6.20 Å². The SMILES string of the molecule is CCNC(=NCCc1cccc(F)c1F)N(C)Cc1cnn(C)c1. The van der Waals surface area contributed by atoms with E-state index in [2.05, 4.69) is 15.4 Å².